The van der Waals surface area contributed by atoms with Crippen molar-refractivity contribution in [1.29, 1.82) is 0 Å². The minimum Gasteiger partial charge on any atom is -0.480 e. The number of carbonyl (C=O) groups excluding carboxylic acids is 3. The molecule has 200 valence electrons. The third-order valence-corrected chi connectivity index (χ3v) is 5.29. The fourth-order valence-corrected chi connectivity index (χ4v) is 3.39. The van der Waals surface area contributed by atoms with Gasteiger partial charge in [0.15, 0.2) is 5.96 Å². The Morgan fingerprint density at radius 2 is 1.53 bits per heavy atom. The molecule has 0 bridgehead atoms. The first-order valence-electron chi connectivity index (χ1n) is 11.9. The first kappa shape index (κ1) is 30.4. The molecule has 1 aromatic carbocycles. The highest BCUT2D eigenvalue weighted by molar-refractivity contribution is 5.93. The summed E-state index contributed by atoms with van der Waals surface area (Å²) < 4.78 is 0. The molecular weight excluding hydrogens is 466 g/mol. The zero-order valence-electron chi connectivity index (χ0n) is 21.1. The number of aliphatic imine (C=N–C) groups is 1. The van der Waals surface area contributed by atoms with Crippen molar-refractivity contribution in [2.24, 2.45) is 28.1 Å². The van der Waals surface area contributed by atoms with Crippen LogP contribution in [0, 0.1) is 5.92 Å². The molecule has 36 heavy (non-hydrogen) atoms. The number of amides is 3. The summed E-state index contributed by atoms with van der Waals surface area (Å²) >= 11 is 0. The fourth-order valence-electron chi connectivity index (χ4n) is 3.39. The Hall–Kier alpha value is -3.67. The zero-order chi connectivity index (χ0) is 27.3. The summed E-state index contributed by atoms with van der Waals surface area (Å²) in [5, 5.41) is 17.1. The van der Waals surface area contributed by atoms with E-state index in [0.717, 1.165) is 5.56 Å². The third kappa shape index (κ3) is 11.6. The van der Waals surface area contributed by atoms with Crippen molar-refractivity contribution in [3.63, 3.8) is 0 Å². The molecule has 0 saturated heterocycles. The van der Waals surface area contributed by atoms with Gasteiger partial charge in [-0.3, -0.25) is 19.4 Å². The van der Waals surface area contributed by atoms with Crippen LogP contribution in [0.15, 0.2) is 35.3 Å². The zero-order valence-corrected chi connectivity index (χ0v) is 21.1. The average molecular weight is 506 g/mol. The molecule has 4 atom stereocenters. The van der Waals surface area contributed by atoms with E-state index >= 15 is 0 Å². The summed E-state index contributed by atoms with van der Waals surface area (Å²) in [6, 6.07) is 4.84. The molecule has 0 aliphatic heterocycles. The first-order valence-corrected chi connectivity index (χ1v) is 11.9. The van der Waals surface area contributed by atoms with Crippen LogP contribution in [-0.2, 0) is 25.6 Å². The van der Waals surface area contributed by atoms with E-state index in [0.29, 0.717) is 12.8 Å². The van der Waals surface area contributed by atoms with Gasteiger partial charge >= 0.3 is 5.97 Å². The number of hydrogen-bond acceptors (Lipinski definition) is 6. The number of guanidine groups is 1. The first-order chi connectivity index (χ1) is 16.9. The second-order valence-electron chi connectivity index (χ2n) is 9.07. The van der Waals surface area contributed by atoms with Crippen LogP contribution in [0.2, 0.25) is 0 Å². The Balaban J connectivity index is 2.82. The van der Waals surface area contributed by atoms with E-state index in [1.807, 2.05) is 13.8 Å². The van der Waals surface area contributed by atoms with Crippen LogP contribution >= 0.6 is 0 Å². The number of aliphatic carboxylic acids is 1. The largest absolute Gasteiger partial charge is 0.480 e. The van der Waals surface area contributed by atoms with E-state index in [4.69, 9.17) is 17.2 Å². The summed E-state index contributed by atoms with van der Waals surface area (Å²) in [7, 11) is 0. The Bertz CT molecular complexity index is 903. The Labute approximate surface area is 211 Å². The number of nitrogens with zero attached hydrogens (tertiary/aromatic N) is 1. The van der Waals surface area contributed by atoms with E-state index < -0.39 is 47.9 Å². The van der Waals surface area contributed by atoms with E-state index in [2.05, 4.69) is 20.9 Å². The minimum absolute atomic E-state index is 0.0831. The second-order valence-corrected chi connectivity index (χ2v) is 9.07. The molecule has 12 heteroatoms. The van der Waals surface area contributed by atoms with E-state index in [9.17, 15) is 24.3 Å². The molecule has 0 spiro atoms. The molecular formula is C24H39N7O5. The Morgan fingerprint density at radius 3 is 2.08 bits per heavy atom. The van der Waals surface area contributed by atoms with Gasteiger partial charge in [0.05, 0.1) is 6.04 Å². The van der Waals surface area contributed by atoms with Crippen molar-refractivity contribution < 1.29 is 24.3 Å². The Morgan fingerprint density at radius 1 is 0.917 bits per heavy atom. The molecule has 0 radical (unpaired) electrons. The topological polar surface area (TPSA) is 215 Å². The smallest absolute Gasteiger partial charge is 0.326 e. The molecule has 12 nitrogen and oxygen atoms in total. The summed E-state index contributed by atoms with van der Waals surface area (Å²) in [5.41, 5.74) is 17.3. The molecule has 10 N–H and O–H groups in total. The molecule has 3 amide bonds. The van der Waals surface area contributed by atoms with Crippen LogP contribution in [-0.4, -0.2) is 65.5 Å². The van der Waals surface area contributed by atoms with Gasteiger partial charge in [0.25, 0.3) is 0 Å². The number of carboxylic acid groups (broad SMARTS) is 1. The fraction of sp³-hybridized carbons (Fsp3) is 0.542. The number of benzene rings is 1. The van der Waals surface area contributed by atoms with Gasteiger partial charge in [0.1, 0.15) is 18.1 Å². The maximum atomic E-state index is 12.9. The lowest BCUT2D eigenvalue weighted by Crippen LogP contribution is -2.56. The Kier molecular flexibility index (Phi) is 12.9. The summed E-state index contributed by atoms with van der Waals surface area (Å²) in [4.78, 5) is 53.6. The number of carbonyl (C=O) groups is 4. The summed E-state index contributed by atoms with van der Waals surface area (Å²) in [6.07, 6.45) is 1.10. The van der Waals surface area contributed by atoms with Crippen molar-refractivity contribution in [3.8, 4) is 0 Å². The monoisotopic (exact) mass is 505 g/mol. The molecule has 0 fully saturated rings. The molecule has 0 saturated carbocycles. The molecule has 0 aliphatic carbocycles. The SMILES string of the molecule is CC(C)CC(N)C(=O)NC(CCCN=C(N)N)C(=O)NC(C)C(=O)NC(Cc1ccccc1)C(=O)O. The van der Waals surface area contributed by atoms with Crippen LogP contribution in [0.5, 0.6) is 0 Å². The van der Waals surface area contributed by atoms with Gasteiger partial charge in [-0.25, -0.2) is 4.79 Å². The van der Waals surface area contributed by atoms with E-state index in [1.54, 1.807) is 30.3 Å². The van der Waals surface area contributed by atoms with Crippen LogP contribution in [0.1, 0.15) is 45.6 Å². The normalized spacial score (nSPS) is 14.1. The van der Waals surface area contributed by atoms with Gasteiger partial charge in [-0.2, -0.15) is 0 Å². The lowest BCUT2D eigenvalue weighted by Gasteiger charge is -2.24. The van der Waals surface area contributed by atoms with Gasteiger partial charge in [-0.15, -0.1) is 0 Å². The van der Waals surface area contributed by atoms with Gasteiger partial charge in [0, 0.05) is 13.0 Å². The van der Waals surface area contributed by atoms with E-state index in [1.165, 1.54) is 6.92 Å². The van der Waals surface area contributed by atoms with E-state index in [-0.39, 0.29) is 31.3 Å². The van der Waals surface area contributed by atoms with Crippen molar-refractivity contribution in [1.82, 2.24) is 16.0 Å². The number of hydrogen-bond donors (Lipinski definition) is 7. The molecule has 1 aromatic rings. The maximum Gasteiger partial charge on any atom is 0.326 e. The molecule has 0 heterocycles. The van der Waals surface area contributed by atoms with Crippen LogP contribution in [0.25, 0.3) is 0 Å². The van der Waals surface area contributed by atoms with Gasteiger partial charge < -0.3 is 38.3 Å². The van der Waals surface area contributed by atoms with Crippen LogP contribution in [0.4, 0.5) is 0 Å². The molecule has 1 rings (SSSR count). The predicted octanol–water partition coefficient (Wildman–Crippen LogP) is -0.785. The summed E-state index contributed by atoms with van der Waals surface area (Å²) in [5.74, 6) is -2.88. The molecule has 0 aliphatic rings. The van der Waals surface area contributed by atoms with Gasteiger partial charge in [-0.05, 0) is 37.7 Å². The highest BCUT2D eigenvalue weighted by atomic mass is 16.4. The van der Waals surface area contributed by atoms with Crippen LogP contribution < -0.4 is 33.2 Å². The third-order valence-electron chi connectivity index (χ3n) is 5.29. The number of rotatable bonds is 15. The number of carboxylic acids is 1. The van der Waals surface area contributed by atoms with Crippen molar-refractivity contribution in [2.45, 2.75) is 70.6 Å². The van der Waals surface area contributed by atoms with Gasteiger partial charge in [0.2, 0.25) is 17.7 Å². The quantitative estimate of drug-likeness (QED) is 0.0908. The highest BCUT2D eigenvalue weighted by Gasteiger charge is 2.28. The number of nitrogens with one attached hydrogen (secondary N) is 3. The van der Waals surface area contributed by atoms with Gasteiger partial charge in [-0.1, -0.05) is 44.2 Å². The highest BCUT2D eigenvalue weighted by Crippen LogP contribution is 2.06. The lowest BCUT2D eigenvalue weighted by molar-refractivity contribution is -0.142. The average Bonchev–Trinajstić information content (AvgIpc) is 2.80. The lowest BCUT2D eigenvalue weighted by atomic mass is 10.0. The standard InChI is InChI=1S/C24H39N7O5/c1-14(2)12-17(25)21(33)30-18(10-7-11-28-24(26)27)22(34)29-15(3)20(32)31-19(23(35)36)13-16-8-5-4-6-9-16/h4-6,8-9,14-15,17-19H,7,10-13,25H2,1-3H3,(H,29,34)(H,30,33)(H,31,32)(H,35,36)(H4,26,27,28). The molecule has 0 aromatic heterocycles. The maximum absolute atomic E-state index is 12.9. The minimum atomic E-state index is -1.20. The second kappa shape index (κ2) is 15.4. The van der Waals surface area contributed by atoms with Crippen LogP contribution in [0.3, 0.4) is 0 Å². The van der Waals surface area contributed by atoms with Crippen molar-refractivity contribution >= 4 is 29.7 Å². The predicted molar refractivity (Wildman–Crippen MR) is 137 cm³/mol. The van der Waals surface area contributed by atoms with Crippen molar-refractivity contribution in [3.05, 3.63) is 35.9 Å². The molecule has 4 unspecified atom stereocenters. The van der Waals surface area contributed by atoms with Crippen molar-refractivity contribution in [2.75, 3.05) is 6.54 Å². The number of nitrogens with two attached hydrogens (primary N) is 3. The summed E-state index contributed by atoms with van der Waals surface area (Å²) in [6.45, 7) is 5.53.